The molecule has 6 aromatic rings. The molecule has 6 rings (SSSR count). The van der Waals surface area contributed by atoms with Gasteiger partial charge in [-0.05, 0) is 148 Å². The number of phenols is 2. The van der Waals surface area contributed by atoms with E-state index in [0.29, 0.717) is 86.7 Å². The molecular formula is C106H146N16O28. The zero-order valence-corrected chi connectivity index (χ0v) is 84.5. The highest BCUT2D eigenvalue weighted by molar-refractivity contribution is 5.92. The average molecular weight is 2090 g/mol. The number of carbonyl (C=O) groups excluding carboxylic acids is 10. The van der Waals surface area contributed by atoms with Crippen LogP contribution in [0.15, 0.2) is 158 Å². The molecule has 44 heteroatoms. The summed E-state index contributed by atoms with van der Waals surface area (Å²) >= 11 is 0. The van der Waals surface area contributed by atoms with Crippen LogP contribution in [0.1, 0.15) is 199 Å². The van der Waals surface area contributed by atoms with Crippen LogP contribution in [-0.2, 0) is 128 Å². The van der Waals surface area contributed by atoms with Gasteiger partial charge in [-0.1, -0.05) is 184 Å². The standard InChI is InChI=1S/C106H146N16O28/c123-87-65-75(41-47-91(127)111-57-55-107-83(61-71-27-11-7-12-28-71)99(139)115-85(63-73-31-15-9-16-32-73)97(137)113-53-23-5-1-3-19-37-89(125)109-51-25-21-35-79(101(141)142)117-105(149)119-81(103(145)146)45-49-93(129)130)39-43-77(87)67-121(69-95(133)134)59-60-122(70-96(135)136)68-78-44-40-76(66-88(78)124)42-48-92(128)112-58-56-108-84(62-72-29-13-8-14-30-72)100(140)116-86(64-74-33-17-10-18-34-74)98(138)114-54-24-6-2-4-20-38-90(126)110-52-26-22-36-80(102(143)144)118-106(150)120-82(104(147)148)46-50-94(131)132/h7-18,27-34,39-40,43-44,65-66,79-86,107-108,123-124H,1-6,19-26,35-38,41-42,45-64,67-70H2,(H,109,125)(H,110,126)(H,111,127)(H,112,128)(H,113,137)(H,114,138)(H,115,139)(H,116,140)(H,129,130)(H,131,132)(H,133,134)(H,135,136)(H,141,142)(H,143,144)(H,145,146)(H,147,148)(H2,117,119,149)(H2,118,120,150). The van der Waals surface area contributed by atoms with Crippen LogP contribution in [0, 0.1) is 0 Å². The molecule has 0 aliphatic carbocycles. The van der Waals surface area contributed by atoms with Crippen molar-refractivity contribution in [1.29, 1.82) is 0 Å². The van der Waals surface area contributed by atoms with Gasteiger partial charge in [0.2, 0.25) is 47.3 Å². The second-order valence-corrected chi connectivity index (χ2v) is 36.7. The number of hydrogen-bond acceptors (Lipinski definition) is 24. The third-order valence-corrected chi connectivity index (χ3v) is 24.5. The van der Waals surface area contributed by atoms with E-state index in [1.165, 1.54) is 21.9 Å². The Morgan fingerprint density at radius 3 is 0.847 bits per heavy atom. The van der Waals surface area contributed by atoms with Gasteiger partial charge in [-0.25, -0.2) is 28.8 Å². The Morgan fingerprint density at radius 2 is 0.533 bits per heavy atom. The Bertz CT molecular complexity index is 4970. The number of benzene rings is 6. The van der Waals surface area contributed by atoms with Gasteiger partial charge >= 0.3 is 59.8 Å². The van der Waals surface area contributed by atoms with Crippen molar-refractivity contribution in [3.05, 3.63) is 202 Å². The van der Waals surface area contributed by atoms with Crippen molar-refractivity contribution in [2.45, 2.75) is 254 Å². The van der Waals surface area contributed by atoms with Crippen LogP contribution in [0.2, 0.25) is 0 Å². The van der Waals surface area contributed by atoms with E-state index in [2.05, 4.69) is 74.4 Å². The molecule has 150 heavy (non-hydrogen) atoms. The van der Waals surface area contributed by atoms with E-state index in [1.807, 2.05) is 121 Å². The fraction of sp³-hybridized carbons (Fsp3) is 0.491. The van der Waals surface area contributed by atoms with Crippen LogP contribution in [0.5, 0.6) is 11.5 Å². The van der Waals surface area contributed by atoms with Gasteiger partial charge in [-0.3, -0.25) is 67.3 Å². The van der Waals surface area contributed by atoms with Crippen LogP contribution in [0.3, 0.4) is 0 Å². The summed E-state index contributed by atoms with van der Waals surface area (Å²) in [6.07, 6.45) is 8.24. The van der Waals surface area contributed by atoms with Crippen molar-refractivity contribution in [3.8, 4) is 11.5 Å². The normalized spacial score (nSPS) is 12.7. The first-order valence-electron chi connectivity index (χ1n) is 50.8. The van der Waals surface area contributed by atoms with Crippen molar-refractivity contribution < 1.29 is 137 Å². The fourth-order valence-electron chi connectivity index (χ4n) is 16.3. The minimum Gasteiger partial charge on any atom is -0.508 e. The zero-order valence-electron chi connectivity index (χ0n) is 84.5. The number of rotatable bonds is 79. The fourth-order valence-corrected chi connectivity index (χ4v) is 16.3. The molecule has 6 aromatic carbocycles. The average Bonchev–Trinajstić information content (AvgIpc) is 0.856. The Morgan fingerprint density at radius 1 is 0.247 bits per heavy atom. The molecule has 0 bridgehead atoms. The van der Waals surface area contributed by atoms with Gasteiger partial charge in [0.1, 0.15) is 47.8 Å². The van der Waals surface area contributed by atoms with E-state index in [4.69, 9.17) is 10.2 Å². The Balaban J connectivity index is 0.893. The molecule has 12 amide bonds. The predicted octanol–water partition coefficient (Wildman–Crippen LogP) is 5.15. The van der Waals surface area contributed by atoms with Gasteiger partial charge in [0.25, 0.3) is 0 Å². The number of carbonyl (C=O) groups is 18. The molecule has 0 aliphatic heterocycles. The lowest BCUT2D eigenvalue weighted by molar-refractivity contribution is -0.142. The molecule has 0 heterocycles. The lowest BCUT2D eigenvalue weighted by Gasteiger charge is -2.26. The Kier molecular flexibility index (Phi) is 58.2. The van der Waals surface area contributed by atoms with Crippen LogP contribution >= 0.6 is 0 Å². The van der Waals surface area contributed by atoms with Crippen molar-refractivity contribution in [1.82, 2.24) is 84.2 Å². The van der Waals surface area contributed by atoms with Crippen LogP contribution in [0.4, 0.5) is 9.59 Å². The number of nitrogens with zero attached hydrogens (tertiary/aromatic N) is 2. The van der Waals surface area contributed by atoms with Gasteiger partial charge in [0.15, 0.2) is 0 Å². The summed E-state index contributed by atoms with van der Waals surface area (Å²) in [5, 5.41) is 136. The number of amides is 12. The smallest absolute Gasteiger partial charge is 0.326 e. The zero-order chi connectivity index (χ0) is 109. The van der Waals surface area contributed by atoms with Gasteiger partial charge in [0, 0.05) is 141 Å². The number of nitrogens with one attached hydrogen (secondary N) is 14. The molecule has 8 unspecified atom stereocenters. The van der Waals surface area contributed by atoms with E-state index >= 15 is 0 Å². The number of aliphatic carboxylic acids is 8. The van der Waals surface area contributed by atoms with Gasteiger partial charge in [-0.2, -0.15) is 0 Å². The molecule has 44 nitrogen and oxygen atoms in total. The first-order chi connectivity index (χ1) is 71.9. The van der Waals surface area contributed by atoms with E-state index in [-0.39, 0.29) is 189 Å². The van der Waals surface area contributed by atoms with Crippen molar-refractivity contribution in [2.75, 3.05) is 78.5 Å². The van der Waals surface area contributed by atoms with E-state index in [1.54, 1.807) is 24.3 Å². The maximum atomic E-state index is 14.3. The molecule has 818 valence electrons. The monoisotopic (exact) mass is 2090 g/mol. The van der Waals surface area contributed by atoms with Gasteiger partial charge < -0.3 is 126 Å². The molecule has 0 spiro atoms. The SMILES string of the molecule is O=C(O)CCC(NC(=O)NC(CCCCNC(=O)CCCCCCCNC(=O)C(Cc1ccccc1)NC(=O)C(Cc1ccccc1)NCCNC(=O)CCc1ccc(CN(CCN(CC(=O)O)Cc2ccc(CCC(=O)NCCNC(Cc3ccccc3)C(=O)NC(Cc3ccccc3)C(=O)NCCCCCCCC(=O)NCCCCC(NC(=O)NC(CCC(=O)O)C(=O)O)C(=O)O)cc2O)CC(=O)O)c(O)c1)C(=O)O)C(=O)O. The summed E-state index contributed by atoms with van der Waals surface area (Å²) in [5.74, 6) is -13.6. The number of aromatic hydroxyl groups is 2. The number of hydrogen-bond donors (Lipinski definition) is 24. The minimum atomic E-state index is -1.54. The van der Waals surface area contributed by atoms with Gasteiger partial charge in [-0.15, -0.1) is 0 Å². The molecule has 24 N–H and O–H groups in total. The van der Waals surface area contributed by atoms with Crippen LogP contribution in [-0.4, -0.2) is 295 Å². The molecule has 0 aliphatic rings. The largest absolute Gasteiger partial charge is 0.508 e. The highest BCUT2D eigenvalue weighted by Gasteiger charge is 2.32. The minimum absolute atomic E-state index is 0.0115. The molecular weight excluding hydrogens is 1950 g/mol. The number of carboxylic acid groups (broad SMARTS) is 8. The summed E-state index contributed by atoms with van der Waals surface area (Å²) in [6.45, 7) is 0.656. The highest BCUT2D eigenvalue weighted by Crippen LogP contribution is 2.25. The van der Waals surface area contributed by atoms with E-state index < -0.39 is 159 Å². The molecule has 8 atom stereocenters. The quantitative estimate of drug-likeness (QED) is 0.0219. The van der Waals surface area contributed by atoms with Crippen molar-refractivity contribution in [2.24, 2.45) is 0 Å². The molecule has 0 saturated heterocycles. The first kappa shape index (κ1) is 123. The lowest BCUT2D eigenvalue weighted by Crippen LogP contribution is -2.55. The van der Waals surface area contributed by atoms with E-state index in [9.17, 15) is 127 Å². The number of phenolic OH excluding ortho intramolecular Hbond substituents is 2. The maximum Gasteiger partial charge on any atom is 0.326 e. The van der Waals surface area contributed by atoms with Crippen molar-refractivity contribution in [3.63, 3.8) is 0 Å². The summed E-state index contributed by atoms with van der Waals surface area (Å²) in [7, 11) is 0. The topological polar surface area (TPSA) is 684 Å². The number of aryl methyl sites for hydroxylation is 2. The maximum absolute atomic E-state index is 14.3. The number of urea groups is 2. The number of carboxylic acids is 8. The molecule has 0 fully saturated rings. The number of unbranched alkanes of at least 4 members (excludes halogenated alkanes) is 10. The van der Waals surface area contributed by atoms with E-state index in [0.717, 1.165) is 60.8 Å². The second kappa shape index (κ2) is 70.6. The molecule has 0 radical (unpaired) electrons. The van der Waals surface area contributed by atoms with Gasteiger partial charge in [0.05, 0.1) is 25.2 Å². The Labute approximate surface area is 870 Å². The third kappa shape index (κ3) is 53.4. The highest BCUT2D eigenvalue weighted by atomic mass is 16.4. The van der Waals surface area contributed by atoms with Crippen LogP contribution in [0.25, 0.3) is 0 Å². The lowest BCUT2D eigenvalue weighted by atomic mass is 10.0. The van der Waals surface area contributed by atoms with Crippen molar-refractivity contribution >= 4 is 107 Å². The molecule has 0 saturated carbocycles. The summed E-state index contributed by atoms with van der Waals surface area (Å²) < 4.78 is 0. The van der Waals surface area contributed by atoms with Crippen LogP contribution < -0.4 is 74.4 Å². The first-order valence-corrected chi connectivity index (χ1v) is 50.8. The summed E-state index contributed by atoms with van der Waals surface area (Å²) in [6, 6.07) is 35.1. The molecule has 0 aromatic heterocycles. The predicted molar refractivity (Wildman–Crippen MR) is 551 cm³/mol. The summed E-state index contributed by atoms with van der Waals surface area (Å²) in [4.78, 5) is 228. The second-order valence-electron chi connectivity index (χ2n) is 36.7. The Hall–Kier alpha value is -15.2. The third-order valence-electron chi connectivity index (χ3n) is 24.5. The summed E-state index contributed by atoms with van der Waals surface area (Å²) in [5.41, 5.74) is 5.21.